The van der Waals surface area contributed by atoms with E-state index in [0.29, 0.717) is 11.3 Å². The first-order valence-electron chi connectivity index (χ1n) is 7.03. The number of benzene rings is 1. The number of hydrogen-bond acceptors (Lipinski definition) is 5. The maximum atomic E-state index is 13.2. The van der Waals surface area contributed by atoms with Gasteiger partial charge >= 0.3 is 15.2 Å². The van der Waals surface area contributed by atoms with E-state index in [1.54, 1.807) is 38.1 Å². The largest absolute Gasteiger partial charge is 0.497 e. The molecular formula is C14H22O7P2. The Morgan fingerprint density at radius 3 is 2.13 bits per heavy atom. The third-order valence-corrected chi connectivity index (χ3v) is 9.68. The Hall–Kier alpha value is -0.680. The van der Waals surface area contributed by atoms with Crippen LogP contribution >= 0.6 is 15.2 Å². The van der Waals surface area contributed by atoms with Gasteiger partial charge in [0.25, 0.3) is 0 Å². The molecule has 2 rings (SSSR count). The topological polar surface area (TPSA) is 102 Å². The molecule has 0 saturated carbocycles. The van der Waals surface area contributed by atoms with Gasteiger partial charge in [-0.1, -0.05) is 19.1 Å². The molecule has 4 atom stereocenters. The van der Waals surface area contributed by atoms with Gasteiger partial charge in [0, 0.05) is 13.0 Å². The van der Waals surface area contributed by atoms with Crippen LogP contribution in [0.1, 0.15) is 26.3 Å². The van der Waals surface area contributed by atoms with Crippen LogP contribution in [-0.2, 0) is 23.3 Å². The smallest absolute Gasteiger partial charge is 0.357 e. The highest BCUT2D eigenvalue weighted by Gasteiger charge is 2.71. The number of hydrogen-bond donors (Lipinski definition) is 2. The molecule has 0 aliphatic carbocycles. The van der Waals surface area contributed by atoms with E-state index in [4.69, 9.17) is 13.8 Å². The highest BCUT2D eigenvalue weighted by atomic mass is 31.2. The van der Waals surface area contributed by atoms with Crippen molar-refractivity contribution in [2.45, 2.75) is 31.3 Å². The fourth-order valence-electron chi connectivity index (χ4n) is 3.04. The van der Waals surface area contributed by atoms with E-state index < -0.39 is 31.6 Å². The molecule has 9 heteroatoms. The highest BCUT2D eigenvalue weighted by molar-refractivity contribution is 7.59. The van der Waals surface area contributed by atoms with Crippen molar-refractivity contribution in [3.8, 4) is 5.75 Å². The predicted octanol–water partition coefficient (Wildman–Crippen LogP) is 3.31. The molecule has 1 aromatic carbocycles. The molecule has 1 fully saturated rings. The van der Waals surface area contributed by atoms with Crippen molar-refractivity contribution < 1.29 is 32.7 Å². The molecule has 7 nitrogen and oxygen atoms in total. The monoisotopic (exact) mass is 364 g/mol. The second-order valence-electron chi connectivity index (χ2n) is 5.97. The quantitative estimate of drug-likeness (QED) is 0.790. The number of ether oxygens (including phenoxy) is 1. The summed E-state index contributed by atoms with van der Waals surface area (Å²) in [6.45, 7) is 4.53. The molecule has 0 spiro atoms. The predicted molar refractivity (Wildman–Crippen MR) is 85.7 cm³/mol. The Morgan fingerprint density at radius 2 is 1.74 bits per heavy atom. The van der Waals surface area contributed by atoms with Gasteiger partial charge < -0.3 is 19.0 Å². The summed E-state index contributed by atoms with van der Waals surface area (Å²) in [4.78, 5) is 19.5. The summed E-state index contributed by atoms with van der Waals surface area (Å²) >= 11 is 0. The minimum atomic E-state index is -4.69. The fourth-order valence-corrected chi connectivity index (χ4v) is 7.13. The van der Waals surface area contributed by atoms with Gasteiger partial charge in [0.15, 0.2) is 5.34 Å². The van der Waals surface area contributed by atoms with E-state index in [1.165, 1.54) is 21.1 Å². The number of rotatable bonds is 4. The maximum Gasteiger partial charge on any atom is 0.357 e. The van der Waals surface area contributed by atoms with Crippen molar-refractivity contribution in [1.29, 1.82) is 0 Å². The molecule has 0 radical (unpaired) electrons. The molecule has 4 unspecified atom stereocenters. The summed E-state index contributed by atoms with van der Waals surface area (Å²) in [6, 6.07) is 6.80. The van der Waals surface area contributed by atoms with Crippen molar-refractivity contribution in [3.63, 3.8) is 0 Å². The lowest BCUT2D eigenvalue weighted by Gasteiger charge is -2.34. The minimum absolute atomic E-state index is 0.605. The highest BCUT2D eigenvalue weighted by Crippen LogP contribution is 2.81. The summed E-state index contributed by atoms with van der Waals surface area (Å²) < 4.78 is 40.9. The van der Waals surface area contributed by atoms with E-state index in [2.05, 4.69) is 0 Å². The zero-order chi connectivity index (χ0) is 17.7. The van der Waals surface area contributed by atoms with Crippen LogP contribution in [0.3, 0.4) is 0 Å². The molecule has 23 heavy (non-hydrogen) atoms. The van der Waals surface area contributed by atoms with Gasteiger partial charge in [0.2, 0.25) is 0 Å². The average Bonchev–Trinajstić information content (AvgIpc) is 2.67. The summed E-state index contributed by atoms with van der Waals surface area (Å²) in [7, 11) is -5.76. The molecule has 1 saturated heterocycles. The van der Waals surface area contributed by atoms with Crippen LogP contribution in [0.15, 0.2) is 24.3 Å². The molecule has 1 aliphatic heterocycles. The summed E-state index contributed by atoms with van der Waals surface area (Å²) in [5.41, 5.74) is 0.605. The van der Waals surface area contributed by atoms with Gasteiger partial charge in [-0.15, -0.1) is 0 Å². The van der Waals surface area contributed by atoms with Crippen molar-refractivity contribution >= 4 is 15.2 Å². The zero-order valence-corrected chi connectivity index (χ0v) is 15.5. The summed E-state index contributed by atoms with van der Waals surface area (Å²) in [6.07, 6.45) is 0. The first-order chi connectivity index (χ1) is 10.5. The van der Waals surface area contributed by atoms with Gasteiger partial charge in [-0.3, -0.25) is 13.7 Å². The molecule has 130 valence electrons. The lowest BCUT2D eigenvalue weighted by Crippen LogP contribution is -2.37. The van der Waals surface area contributed by atoms with E-state index in [1.807, 2.05) is 0 Å². The molecule has 0 aromatic heterocycles. The van der Waals surface area contributed by atoms with E-state index >= 15 is 0 Å². The fraction of sp³-hybridized carbons (Fsp3) is 0.571. The second-order valence-corrected chi connectivity index (χ2v) is 10.4. The van der Waals surface area contributed by atoms with E-state index in [0.717, 1.165) is 0 Å². The van der Waals surface area contributed by atoms with Gasteiger partial charge in [0.05, 0.1) is 7.11 Å². The summed E-state index contributed by atoms with van der Waals surface area (Å²) in [5, 5.41) is -3.10. The van der Waals surface area contributed by atoms with Gasteiger partial charge in [-0.2, -0.15) is 0 Å². The molecule has 1 heterocycles. The lowest BCUT2D eigenvalue weighted by atomic mass is 9.84. The Kier molecular flexibility index (Phi) is 4.62. The standard InChI is InChI=1S/C14H22O7P2/c1-10-13(2,11-6-8-12(19-4)9-7-11)23(18,20-5)21-14(10,3)22(15,16)17/h6-10H,1-5H3,(H2,15,16,17). The van der Waals surface area contributed by atoms with E-state index in [-0.39, 0.29) is 0 Å². The van der Waals surface area contributed by atoms with Crippen LogP contribution in [0, 0.1) is 5.92 Å². The normalized spacial score (nSPS) is 37.8. The third-order valence-electron chi connectivity index (χ3n) is 5.01. The van der Waals surface area contributed by atoms with E-state index in [9.17, 15) is 18.9 Å². The van der Waals surface area contributed by atoms with Crippen LogP contribution in [0.4, 0.5) is 0 Å². The Morgan fingerprint density at radius 1 is 1.22 bits per heavy atom. The van der Waals surface area contributed by atoms with Crippen molar-refractivity contribution in [2.75, 3.05) is 14.2 Å². The van der Waals surface area contributed by atoms with Crippen LogP contribution in [0.25, 0.3) is 0 Å². The van der Waals surface area contributed by atoms with Crippen molar-refractivity contribution in [1.82, 2.24) is 0 Å². The van der Waals surface area contributed by atoms with Crippen molar-refractivity contribution in [2.24, 2.45) is 5.92 Å². The third kappa shape index (κ3) is 2.51. The van der Waals surface area contributed by atoms with Crippen LogP contribution in [0.5, 0.6) is 5.75 Å². The molecule has 0 bridgehead atoms. The van der Waals surface area contributed by atoms with Gasteiger partial charge in [-0.05, 0) is 31.5 Å². The Balaban J connectivity index is 2.66. The van der Waals surface area contributed by atoms with Crippen LogP contribution < -0.4 is 4.74 Å². The van der Waals surface area contributed by atoms with Crippen LogP contribution in [0.2, 0.25) is 0 Å². The first kappa shape index (κ1) is 18.7. The molecule has 1 aromatic rings. The average molecular weight is 364 g/mol. The van der Waals surface area contributed by atoms with Gasteiger partial charge in [0.1, 0.15) is 10.9 Å². The number of methoxy groups -OCH3 is 1. The van der Waals surface area contributed by atoms with Gasteiger partial charge in [-0.25, -0.2) is 0 Å². The second kappa shape index (κ2) is 5.69. The minimum Gasteiger partial charge on any atom is -0.497 e. The zero-order valence-electron chi connectivity index (χ0n) is 13.7. The van der Waals surface area contributed by atoms with Crippen molar-refractivity contribution in [3.05, 3.63) is 29.8 Å². The molecule has 0 amide bonds. The SMILES string of the molecule is COc1ccc(C2(C)C(C)C(C)(P(=O)(O)O)OP2(=O)OC)cc1. The maximum absolute atomic E-state index is 13.2. The summed E-state index contributed by atoms with van der Waals surface area (Å²) in [5.74, 6) is -0.135. The Labute approximate surface area is 135 Å². The molecule has 2 N–H and O–H groups in total. The van der Waals surface area contributed by atoms with Crippen LogP contribution in [-0.4, -0.2) is 29.3 Å². The molecule has 1 aliphatic rings. The Bertz CT molecular complexity index is 683. The molecular weight excluding hydrogens is 342 g/mol. The first-order valence-corrected chi connectivity index (χ1v) is 10.2. The lowest BCUT2D eigenvalue weighted by molar-refractivity contribution is 0.102.